The minimum atomic E-state index is -0.773. The summed E-state index contributed by atoms with van der Waals surface area (Å²) in [5, 5.41) is 13.4. The Morgan fingerprint density at radius 2 is 2.00 bits per heavy atom. The predicted octanol–water partition coefficient (Wildman–Crippen LogP) is 2.03. The third-order valence-corrected chi connectivity index (χ3v) is 3.33. The number of carbonyl (C=O) groups is 2. The quantitative estimate of drug-likeness (QED) is 0.447. The standard InChI is InChI=1S/C15H23N3O5/c1-10(2)5-6-11(3)16-14(19)9-23-15(20)13-7-12(18(21)22)8-17(13)4/h7-8,10-11H,5-6,9H2,1-4H3,(H,16,19)/t11-/m0/s1. The topological polar surface area (TPSA) is 103 Å². The van der Waals surface area contributed by atoms with E-state index < -0.39 is 23.4 Å². The Labute approximate surface area is 135 Å². The first-order valence-electron chi connectivity index (χ1n) is 7.48. The normalized spacial score (nSPS) is 12.0. The van der Waals surface area contributed by atoms with Crippen molar-refractivity contribution in [3.05, 3.63) is 28.1 Å². The molecule has 1 amide bonds. The first-order valence-corrected chi connectivity index (χ1v) is 7.48. The van der Waals surface area contributed by atoms with E-state index in [0.29, 0.717) is 5.92 Å². The zero-order chi connectivity index (χ0) is 17.6. The zero-order valence-corrected chi connectivity index (χ0v) is 13.9. The van der Waals surface area contributed by atoms with Crippen molar-refractivity contribution in [1.82, 2.24) is 9.88 Å². The molecule has 1 atom stereocenters. The van der Waals surface area contributed by atoms with Crippen molar-refractivity contribution in [3.8, 4) is 0 Å². The molecular formula is C15H23N3O5. The van der Waals surface area contributed by atoms with Crippen LogP contribution in [0.5, 0.6) is 0 Å². The molecule has 0 aliphatic rings. The maximum Gasteiger partial charge on any atom is 0.355 e. The van der Waals surface area contributed by atoms with Crippen molar-refractivity contribution in [2.45, 2.75) is 39.7 Å². The molecule has 0 radical (unpaired) electrons. The Morgan fingerprint density at radius 3 is 2.52 bits per heavy atom. The van der Waals surface area contributed by atoms with Gasteiger partial charge in [-0.1, -0.05) is 13.8 Å². The summed E-state index contributed by atoms with van der Waals surface area (Å²) >= 11 is 0. The van der Waals surface area contributed by atoms with Crippen molar-refractivity contribution < 1.29 is 19.2 Å². The highest BCUT2D eigenvalue weighted by atomic mass is 16.6. The van der Waals surface area contributed by atoms with Gasteiger partial charge in [0.15, 0.2) is 6.61 Å². The molecule has 0 aliphatic carbocycles. The van der Waals surface area contributed by atoms with Crippen LogP contribution >= 0.6 is 0 Å². The second-order valence-corrected chi connectivity index (χ2v) is 5.97. The molecular weight excluding hydrogens is 302 g/mol. The molecule has 0 spiro atoms. The SMILES string of the molecule is CC(C)CC[C@H](C)NC(=O)COC(=O)c1cc([N+](=O)[O-])cn1C. The van der Waals surface area contributed by atoms with Gasteiger partial charge in [-0.15, -0.1) is 0 Å². The third-order valence-electron chi connectivity index (χ3n) is 3.33. The van der Waals surface area contributed by atoms with Gasteiger partial charge in [0.2, 0.25) is 0 Å². The van der Waals surface area contributed by atoms with Crippen LogP contribution in [0.25, 0.3) is 0 Å². The van der Waals surface area contributed by atoms with Crippen LogP contribution in [0.4, 0.5) is 5.69 Å². The monoisotopic (exact) mass is 325 g/mol. The number of nitrogens with zero attached hydrogens (tertiary/aromatic N) is 2. The molecule has 8 nitrogen and oxygen atoms in total. The number of esters is 1. The maximum atomic E-state index is 11.9. The molecule has 0 saturated carbocycles. The van der Waals surface area contributed by atoms with Gasteiger partial charge in [0.1, 0.15) is 5.69 Å². The van der Waals surface area contributed by atoms with Crippen LogP contribution in [0, 0.1) is 16.0 Å². The number of aryl methyl sites for hydroxylation is 1. The fourth-order valence-electron chi connectivity index (χ4n) is 2.03. The lowest BCUT2D eigenvalue weighted by atomic mass is 10.0. The van der Waals surface area contributed by atoms with E-state index in [1.807, 2.05) is 6.92 Å². The Balaban J connectivity index is 2.46. The number of nitrogens with one attached hydrogen (secondary N) is 1. The summed E-state index contributed by atoms with van der Waals surface area (Å²) in [6.45, 7) is 5.69. The van der Waals surface area contributed by atoms with Crippen LogP contribution in [-0.4, -0.2) is 34.0 Å². The van der Waals surface area contributed by atoms with Gasteiger partial charge in [0, 0.05) is 19.2 Å². The number of aromatic nitrogens is 1. The molecule has 1 heterocycles. The molecule has 128 valence electrons. The molecule has 0 bridgehead atoms. The fraction of sp³-hybridized carbons (Fsp3) is 0.600. The molecule has 0 fully saturated rings. The molecule has 1 N–H and O–H groups in total. The van der Waals surface area contributed by atoms with Gasteiger partial charge < -0.3 is 14.6 Å². The Morgan fingerprint density at radius 1 is 1.35 bits per heavy atom. The van der Waals surface area contributed by atoms with E-state index in [4.69, 9.17) is 4.74 Å². The van der Waals surface area contributed by atoms with Gasteiger partial charge in [-0.3, -0.25) is 14.9 Å². The molecule has 0 saturated heterocycles. The minimum Gasteiger partial charge on any atom is -0.451 e. The first-order chi connectivity index (χ1) is 10.7. The second kappa shape index (κ2) is 8.30. The smallest absolute Gasteiger partial charge is 0.355 e. The summed E-state index contributed by atoms with van der Waals surface area (Å²) in [6.07, 6.45) is 3.06. The van der Waals surface area contributed by atoms with E-state index >= 15 is 0 Å². The van der Waals surface area contributed by atoms with Crippen molar-refractivity contribution >= 4 is 17.6 Å². The number of hydrogen-bond donors (Lipinski definition) is 1. The van der Waals surface area contributed by atoms with Crippen molar-refractivity contribution in [2.24, 2.45) is 13.0 Å². The highest BCUT2D eigenvalue weighted by Gasteiger charge is 2.19. The van der Waals surface area contributed by atoms with Gasteiger partial charge in [-0.2, -0.15) is 0 Å². The van der Waals surface area contributed by atoms with E-state index in [1.165, 1.54) is 17.8 Å². The van der Waals surface area contributed by atoms with Crippen LogP contribution < -0.4 is 5.32 Å². The Kier molecular flexibility index (Phi) is 6.74. The third kappa shape index (κ3) is 6.09. The van der Waals surface area contributed by atoms with Crippen LogP contribution in [0.1, 0.15) is 44.1 Å². The van der Waals surface area contributed by atoms with E-state index in [0.717, 1.165) is 18.9 Å². The van der Waals surface area contributed by atoms with Crippen molar-refractivity contribution in [1.29, 1.82) is 0 Å². The Hall–Kier alpha value is -2.38. The summed E-state index contributed by atoms with van der Waals surface area (Å²) in [6, 6.07) is 1.12. The van der Waals surface area contributed by atoms with Gasteiger partial charge >= 0.3 is 5.97 Å². The fourth-order valence-corrected chi connectivity index (χ4v) is 2.03. The van der Waals surface area contributed by atoms with Crippen LogP contribution in [0.2, 0.25) is 0 Å². The molecule has 0 aliphatic heterocycles. The van der Waals surface area contributed by atoms with Gasteiger partial charge in [0.05, 0.1) is 11.1 Å². The highest BCUT2D eigenvalue weighted by Crippen LogP contribution is 2.15. The molecule has 1 aromatic rings. The molecule has 1 rings (SSSR count). The van der Waals surface area contributed by atoms with E-state index in [2.05, 4.69) is 19.2 Å². The summed E-state index contributed by atoms with van der Waals surface area (Å²) in [5.74, 6) is -0.607. The number of hydrogen-bond acceptors (Lipinski definition) is 5. The van der Waals surface area contributed by atoms with Gasteiger partial charge in [-0.05, 0) is 25.7 Å². The van der Waals surface area contributed by atoms with Crippen molar-refractivity contribution in [2.75, 3.05) is 6.61 Å². The number of nitro groups is 1. The maximum absolute atomic E-state index is 11.9. The van der Waals surface area contributed by atoms with E-state index in [9.17, 15) is 19.7 Å². The van der Waals surface area contributed by atoms with Crippen molar-refractivity contribution in [3.63, 3.8) is 0 Å². The lowest BCUT2D eigenvalue weighted by Crippen LogP contribution is -2.36. The summed E-state index contributed by atoms with van der Waals surface area (Å²) < 4.78 is 6.19. The number of carbonyl (C=O) groups excluding carboxylic acids is 2. The zero-order valence-electron chi connectivity index (χ0n) is 13.9. The minimum absolute atomic E-state index is 0.000254. The number of ether oxygens (including phenoxy) is 1. The van der Waals surface area contributed by atoms with Gasteiger partial charge in [-0.25, -0.2) is 4.79 Å². The molecule has 1 aromatic heterocycles. The average Bonchev–Trinajstić information content (AvgIpc) is 2.85. The number of rotatable bonds is 8. The molecule has 8 heteroatoms. The van der Waals surface area contributed by atoms with Crippen LogP contribution in [-0.2, 0) is 16.6 Å². The Bertz CT molecular complexity index is 580. The highest BCUT2D eigenvalue weighted by molar-refractivity contribution is 5.90. The number of amides is 1. The lowest BCUT2D eigenvalue weighted by Gasteiger charge is -2.15. The summed E-state index contributed by atoms with van der Waals surface area (Å²) in [5.41, 5.74) is -0.177. The second-order valence-electron chi connectivity index (χ2n) is 5.97. The lowest BCUT2D eigenvalue weighted by molar-refractivity contribution is -0.384. The average molecular weight is 325 g/mol. The van der Waals surface area contributed by atoms with E-state index in [-0.39, 0.29) is 17.4 Å². The predicted molar refractivity (Wildman–Crippen MR) is 84.0 cm³/mol. The largest absolute Gasteiger partial charge is 0.451 e. The molecule has 0 aromatic carbocycles. The van der Waals surface area contributed by atoms with Crippen LogP contribution in [0.15, 0.2) is 12.3 Å². The molecule has 23 heavy (non-hydrogen) atoms. The first kappa shape index (κ1) is 18.7. The summed E-state index contributed by atoms with van der Waals surface area (Å²) in [7, 11) is 1.50. The summed E-state index contributed by atoms with van der Waals surface area (Å²) in [4.78, 5) is 33.7. The van der Waals surface area contributed by atoms with Gasteiger partial charge in [0.25, 0.3) is 11.6 Å². The molecule has 0 unspecified atom stereocenters. The van der Waals surface area contributed by atoms with Crippen LogP contribution in [0.3, 0.4) is 0 Å². The van der Waals surface area contributed by atoms with E-state index in [1.54, 1.807) is 0 Å².